The Labute approximate surface area is 173 Å². The first-order chi connectivity index (χ1) is 13.5. The van der Waals surface area contributed by atoms with Crippen LogP contribution in [0, 0.1) is 11.3 Å². The first-order valence-corrected chi connectivity index (χ1v) is 11.4. The van der Waals surface area contributed by atoms with Crippen molar-refractivity contribution in [2.45, 2.75) is 52.0 Å². The smallest absolute Gasteiger partial charge is 0.224 e. The van der Waals surface area contributed by atoms with E-state index in [1.165, 1.54) is 19.2 Å². The van der Waals surface area contributed by atoms with Gasteiger partial charge in [0, 0.05) is 12.3 Å². The molecule has 160 valence electrons. The predicted octanol–water partition coefficient (Wildman–Crippen LogP) is 4.16. The fraction of sp³-hybridized carbons (Fsp3) is 0.500. The first kappa shape index (κ1) is 23.0. The van der Waals surface area contributed by atoms with Gasteiger partial charge in [-0.1, -0.05) is 34.6 Å². The zero-order valence-electron chi connectivity index (χ0n) is 18.0. The predicted molar refractivity (Wildman–Crippen MR) is 113 cm³/mol. The van der Waals surface area contributed by atoms with Gasteiger partial charge in [-0.15, -0.1) is 0 Å². The lowest BCUT2D eigenvalue weighted by Crippen LogP contribution is -2.40. The summed E-state index contributed by atoms with van der Waals surface area (Å²) in [4.78, 5) is 13.0. The van der Waals surface area contributed by atoms with Gasteiger partial charge in [-0.05, 0) is 41.8 Å². The van der Waals surface area contributed by atoms with Crippen molar-refractivity contribution >= 4 is 15.7 Å². The molecule has 0 aliphatic rings. The fourth-order valence-corrected chi connectivity index (χ4v) is 4.58. The molecule has 0 saturated heterocycles. The molecule has 2 rings (SSSR count). The second kappa shape index (κ2) is 9.03. The van der Waals surface area contributed by atoms with Gasteiger partial charge in [-0.2, -0.15) is 0 Å². The maximum atomic E-state index is 12.8. The van der Waals surface area contributed by atoms with Crippen molar-refractivity contribution in [1.82, 2.24) is 5.32 Å². The topological polar surface area (TPSA) is 85.6 Å². The number of benzene rings is 1. The van der Waals surface area contributed by atoms with Crippen LogP contribution in [0.3, 0.4) is 0 Å². The minimum absolute atomic E-state index is 0.170. The Bertz CT molecular complexity index is 923. The van der Waals surface area contributed by atoms with Gasteiger partial charge in [-0.25, -0.2) is 8.42 Å². The average molecular weight is 422 g/mol. The third kappa shape index (κ3) is 5.85. The highest BCUT2D eigenvalue weighted by Crippen LogP contribution is 2.34. The van der Waals surface area contributed by atoms with Gasteiger partial charge in [0.05, 0.1) is 23.8 Å². The zero-order chi connectivity index (χ0) is 21.8. The van der Waals surface area contributed by atoms with E-state index in [4.69, 9.17) is 9.15 Å². The third-order valence-corrected chi connectivity index (χ3v) is 6.73. The van der Waals surface area contributed by atoms with E-state index in [-0.39, 0.29) is 28.0 Å². The van der Waals surface area contributed by atoms with E-state index in [0.29, 0.717) is 11.5 Å². The van der Waals surface area contributed by atoms with Crippen molar-refractivity contribution in [2.75, 3.05) is 12.9 Å². The van der Waals surface area contributed by atoms with Crippen LogP contribution >= 0.6 is 0 Å². The van der Waals surface area contributed by atoms with Crippen LogP contribution in [-0.4, -0.2) is 27.2 Å². The monoisotopic (exact) mass is 421 g/mol. The minimum Gasteiger partial charge on any atom is -0.497 e. The van der Waals surface area contributed by atoms with Crippen molar-refractivity contribution in [3.05, 3.63) is 47.9 Å². The highest BCUT2D eigenvalue weighted by Gasteiger charge is 2.33. The van der Waals surface area contributed by atoms with Crippen molar-refractivity contribution < 1.29 is 22.4 Å². The molecule has 0 spiro atoms. The second-order valence-electron chi connectivity index (χ2n) is 8.32. The Balaban J connectivity index is 2.14. The van der Waals surface area contributed by atoms with Crippen LogP contribution in [0.5, 0.6) is 5.75 Å². The number of nitrogens with one attached hydrogen (secondary N) is 1. The largest absolute Gasteiger partial charge is 0.497 e. The summed E-state index contributed by atoms with van der Waals surface area (Å²) < 4.78 is 36.3. The molecule has 0 radical (unpaired) electrons. The number of methoxy groups -OCH3 is 1. The van der Waals surface area contributed by atoms with Crippen molar-refractivity contribution in [3.8, 4) is 5.75 Å². The van der Waals surface area contributed by atoms with Crippen LogP contribution in [0.4, 0.5) is 0 Å². The Morgan fingerprint density at radius 3 is 2.24 bits per heavy atom. The number of sulfone groups is 1. The molecule has 0 saturated carbocycles. The van der Waals surface area contributed by atoms with Crippen LogP contribution < -0.4 is 10.1 Å². The quantitative estimate of drug-likeness (QED) is 0.692. The number of hydrogen-bond acceptors (Lipinski definition) is 5. The standard InChI is InChI=1S/C22H31NO5S/c1-7-16-10-13-19(28-16)20(22(3,4)5)23-21(24)15(2)14-29(25,26)18-11-8-17(27-6)9-12-18/h8-13,15,20H,7,14H2,1-6H3,(H,23,24). The molecule has 1 amide bonds. The van der Waals surface area contributed by atoms with Gasteiger partial charge in [0.2, 0.25) is 5.91 Å². The van der Waals surface area contributed by atoms with Gasteiger partial charge in [0.1, 0.15) is 17.3 Å². The lowest BCUT2D eigenvalue weighted by molar-refractivity contribution is -0.125. The molecule has 6 nitrogen and oxygen atoms in total. The summed E-state index contributed by atoms with van der Waals surface area (Å²) in [5.74, 6) is 0.781. The second-order valence-corrected chi connectivity index (χ2v) is 10.4. The van der Waals surface area contributed by atoms with E-state index in [1.807, 2.05) is 39.8 Å². The molecule has 1 heterocycles. The maximum absolute atomic E-state index is 12.8. The van der Waals surface area contributed by atoms with E-state index < -0.39 is 15.8 Å². The van der Waals surface area contributed by atoms with Crippen molar-refractivity contribution in [1.29, 1.82) is 0 Å². The molecule has 1 aromatic heterocycles. The Morgan fingerprint density at radius 1 is 1.14 bits per heavy atom. The number of ether oxygens (including phenoxy) is 1. The highest BCUT2D eigenvalue weighted by atomic mass is 32.2. The molecule has 2 aromatic rings. The number of furan rings is 1. The summed E-state index contributed by atoms with van der Waals surface area (Å²) >= 11 is 0. The minimum atomic E-state index is -3.61. The Hall–Kier alpha value is -2.28. The first-order valence-electron chi connectivity index (χ1n) is 9.73. The summed E-state index contributed by atoms with van der Waals surface area (Å²) in [5, 5.41) is 2.99. The Morgan fingerprint density at radius 2 is 1.76 bits per heavy atom. The number of rotatable bonds is 8. The number of aryl methyl sites for hydroxylation is 1. The molecule has 0 aliphatic heterocycles. The van der Waals surface area contributed by atoms with Crippen LogP contribution in [0.15, 0.2) is 45.7 Å². The summed E-state index contributed by atoms with van der Waals surface area (Å²) in [6.07, 6.45) is 0.765. The van der Waals surface area contributed by atoms with Crippen LogP contribution in [0.1, 0.15) is 52.2 Å². The molecule has 1 aromatic carbocycles. The Kier molecular flexibility index (Phi) is 7.16. The molecule has 2 atom stereocenters. The zero-order valence-corrected chi connectivity index (χ0v) is 18.8. The molecule has 0 bridgehead atoms. The number of hydrogen-bond donors (Lipinski definition) is 1. The van der Waals surface area contributed by atoms with Crippen LogP contribution in [0.25, 0.3) is 0 Å². The van der Waals surface area contributed by atoms with Crippen LogP contribution in [-0.2, 0) is 21.1 Å². The van der Waals surface area contributed by atoms with Gasteiger partial charge in [-0.3, -0.25) is 4.79 Å². The molecule has 0 fully saturated rings. The van der Waals surface area contributed by atoms with Gasteiger partial charge in [0.15, 0.2) is 9.84 Å². The lowest BCUT2D eigenvalue weighted by atomic mass is 9.85. The number of amides is 1. The highest BCUT2D eigenvalue weighted by molar-refractivity contribution is 7.91. The molecule has 1 N–H and O–H groups in total. The van der Waals surface area contributed by atoms with Crippen molar-refractivity contribution in [2.24, 2.45) is 11.3 Å². The van der Waals surface area contributed by atoms with E-state index in [1.54, 1.807) is 19.1 Å². The SMILES string of the molecule is CCc1ccc(C(NC(=O)C(C)CS(=O)(=O)c2ccc(OC)cc2)C(C)(C)C)o1. The summed E-state index contributed by atoms with van der Waals surface area (Å²) in [5.41, 5.74) is -0.299. The van der Waals surface area contributed by atoms with Gasteiger partial charge < -0.3 is 14.5 Å². The molecule has 7 heteroatoms. The summed E-state index contributed by atoms with van der Waals surface area (Å²) in [6.45, 7) is 9.63. The third-order valence-electron chi connectivity index (χ3n) is 4.80. The van der Waals surface area contributed by atoms with Gasteiger partial charge >= 0.3 is 0 Å². The van der Waals surface area contributed by atoms with E-state index in [0.717, 1.165) is 12.2 Å². The molecule has 29 heavy (non-hydrogen) atoms. The lowest BCUT2D eigenvalue weighted by Gasteiger charge is -2.31. The molecule has 2 unspecified atom stereocenters. The van der Waals surface area contributed by atoms with E-state index >= 15 is 0 Å². The summed E-state index contributed by atoms with van der Waals surface area (Å²) in [7, 11) is -2.09. The molecular weight excluding hydrogens is 390 g/mol. The fourth-order valence-electron chi connectivity index (χ4n) is 3.02. The number of carbonyl (C=O) groups is 1. The molecule has 0 aliphatic carbocycles. The van der Waals surface area contributed by atoms with E-state index in [9.17, 15) is 13.2 Å². The van der Waals surface area contributed by atoms with Crippen LogP contribution in [0.2, 0.25) is 0 Å². The normalized spacial score (nSPS) is 14.3. The van der Waals surface area contributed by atoms with E-state index in [2.05, 4.69) is 5.32 Å². The molecular formula is C22H31NO5S. The average Bonchev–Trinajstić information content (AvgIpc) is 3.13. The van der Waals surface area contributed by atoms with Gasteiger partial charge in [0.25, 0.3) is 0 Å². The number of carbonyl (C=O) groups excluding carboxylic acids is 1. The maximum Gasteiger partial charge on any atom is 0.224 e. The van der Waals surface area contributed by atoms with Crippen molar-refractivity contribution in [3.63, 3.8) is 0 Å². The summed E-state index contributed by atoms with van der Waals surface area (Å²) in [6, 6.07) is 9.58.